The molecule has 38 heavy (non-hydrogen) atoms. The fourth-order valence-electron chi connectivity index (χ4n) is 4.32. The van der Waals surface area contributed by atoms with Crippen molar-refractivity contribution >= 4 is 17.1 Å². The molecule has 7 nitrogen and oxygen atoms in total. The number of rotatable bonds is 9. The largest absolute Gasteiger partial charge is 0.496 e. The van der Waals surface area contributed by atoms with Crippen LogP contribution in [-0.2, 0) is 0 Å². The van der Waals surface area contributed by atoms with E-state index in [1.807, 2.05) is 76.2 Å². The zero-order valence-corrected chi connectivity index (χ0v) is 23.1. The average molecular weight is 514 g/mol. The summed E-state index contributed by atoms with van der Waals surface area (Å²) in [6, 6.07) is 17.0. The van der Waals surface area contributed by atoms with Gasteiger partial charge in [0.1, 0.15) is 5.75 Å². The van der Waals surface area contributed by atoms with Crippen LogP contribution in [-0.4, -0.2) is 35.7 Å². The number of fused-ring (bicyclic) bond motifs is 1. The lowest BCUT2D eigenvalue weighted by Crippen LogP contribution is -2.20. The van der Waals surface area contributed by atoms with Crippen LogP contribution in [0.3, 0.4) is 0 Å². The van der Waals surface area contributed by atoms with Gasteiger partial charge in [0.2, 0.25) is 0 Å². The van der Waals surface area contributed by atoms with Gasteiger partial charge in [-0.25, -0.2) is 4.98 Å². The van der Waals surface area contributed by atoms with Crippen LogP contribution in [0.15, 0.2) is 64.5 Å². The number of aromatic nitrogens is 2. The van der Waals surface area contributed by atoms with E-state index < -0.39 is 0 Å². The Morgan fingerprint density at radius 1 is 1.00 bits per heavy atom. The molecule has 1 aromatic heterocycles. The van der Waals surface area contributed by atoms with Gasteiger partial charge in [-0.05, 0) is 92.8 Å². The van der Waals surface area contributed by atoms with Crippen molar-refractivity contribution in [3.8, 4) is 28.6 Å². The Labute approximate surface area is 223 Å². The third-order valence-electron chi connectivity index (χ3n) is 6.15. The van der Waals surface area contributed by atoms with Gasteiger partial charge < -0.3 is 14.2 Å². The number of aryl methyl sites for hydroxylation is 1. The highest BCUT2D eigenvalue weighted by molar-refractivity contribution is 5.83. The zero-order chi connectivity index (χ0) is 27.4. The number of para-hydroxylation sites is 1. The maximum Gasteiger partial charge on any atom is 0.282 e. The minimum Gasteiger partial charge on any atom is -0.496 e. The molecule has 3 aromatic carbocycles. The fraction of sp³-hybridized carbons (Fsp3) is 0.323. The summed E-state index contributed by atoms with van der Waals surface area (Å²) in [5.41, 5.74) is 3.94. The van der Waals surface area contributed by atoms with Gasteiger partial charge in [0.15, 0.2) is 17.3 Å². The van der Waals surface area contributed by atoms with E-state index in [0.29, 0.717) is 34.8 Å². The SMILES string of the molecule is CCOc1cc(C=Nn2c(-c3cc(C(C)C)c(OC)cc3C)nc3ccccc3c2=O)ccc1OC(C)C. The summed E-state index contributed by atoms with van der Waals surface area (Å²) in [6.45, 7) is 12.6. The summed E-state index contributed by atoms with van der Waals surface area (Å²) >= 11 is 0. The molecular formula is C31H35N3O4. The molecule has 0 aliphatic heterocycles. The monoisotopic (exact) mass is 513 g/mol. The van der Waals surface area contributed by atoms with Crippen LogP contribution in [0.25, 0.3) is 22.3 Å². The number of hydrogen-bond acceptors (Lipinski definition) is 6. The summed E-state index contributed by atoms with van der Waals surface area (Å²) in [5.74, 6) is 2.79. The molecule has 1 heterocycles. The van der Waals surface area contributed by atoms with Crippen molar-refractivity contribution in [1.29, 1.82) is 0 Å². The van der Waals surface area contributed by atoms with Crippen molar-refractivity contribution < 1.29 is 14.2 Å². The number of ether oxygens (including phenoxy) is 3. The summed E-state index contributed by atoms with van der Waals surface area (Å²) in [7, 11) is 1.67. The highest BCUT2D eigenvalue weighted by Gasteiger charge is 2.18. The van der Waals surface area contributed by atoms with Crippen molar-refractivity contribution in [2.24, 2.45) is 5.10 Å². The van der Waals surface area contributed by atoms with Gasteiger partial charge in [-0.3, -0.25) is 4.79 Å². The molecule has 4 rings (SSSR count). The summed E-state index contributed by atoms with van der Waals surface area (Å²) in [5, 5.41) is 5.14. The highest BCUT2D eigenvalue weighted by atomic mass is 16.5. The maximum absolute atomic E-state index is 13.7. The third-order valence-corrected chi connectivity index (χ3v) is 6.15. The molecule has 0 aliphatic rings. The standard InChI is InChI=1S/C31H35N3O4/c1-8-37-29-16-22(13-14-27(29)38-20(4)5)18-32-34-30(33-26-12-10-9-11-23(26)31(34)35)25-17-24(19(2)3)28(36-7)15-21(25)6/h9-20H,8H2,1-7H3. The lowest BCUT2D eigenvalue weighted by molar-refractivity contribution is 0.224. The van der Waals surface area contributed by atoms with E-state index in [1.54, 1.807) is 19.4 Å². The topological polar surface area (TPSA) is 74.9 Å². The molecule has 7 heteroatoms. The molecule has 4 aromatic rings. The Morgan fingerprint density at radius 3 is 2.45 bits per heavy atom. The van der Waals surface area contributed by atoms with E-state index in [4.69, 9.17) is 19.2 Å². The Morgan fingerprint density at radius 2 is 1.76 bits per heavy atom. The van der Waals surface area contributed by atoms with E-state index in [-0.39, 0.29) is 17.6 Å². The first-order chi connectivity index (χ1) is 18.2. The van der Waals surface area contributed by atoms with E-state index >= 15 is 0 Å². The first-order valence-electron chi connectivity index (χ1n) is 12.9. The first kappa shape index (κ1) is 26.9. The van der Waals surface area contributed by atoms with Gasteiger partial charge in [0.05, 0.1) is 36.9 Å². The molecule has 0 spiro atoms. The molecule has 0 radical (unpaired) electrons. The second-order valence-electron chi connectivity index (χ2n) is 9.68. The summed E-state index contributed by atoms with van der Waals surface area (Å²) in [6.07, 6.45) is 1.66. The molecule has 0 fully saturated rings. The summed E-state index contributed by atoms with van der Waals surface area (Å²) < 4.78 is 18.7. The van der Waals surface area contributed by atoms with E-state index in [0.717, 1.165) is 28.0 Å². The van der Waals surface area contributed by atoms with Crippen molar-refractivity contribution in [2.45, 2.75) is 53.6 Å². The predicted molar refractivity (Wildman–Crippen MR) is 153 cm³/mol. The second kappa shape index (κ2) is 11.5. The minimum atomic E-state index is -0.243. The van der Waals surface area contributed by atoms with Gasteiger partial charge in [-0.15, -0.1) is 0 Å². The van der Waals surface area contributed by atoms with Crippen molar-refractivity contribution in [1.82, 2.24) is 9.66 Å². The van der Waals surface area contributed by atoms with Crippen LogP contribution in [0.4, 0.5) is 0 Å². The number of methoxy groups -OCH3 is 1. The molecule has 198 valence electrons. The van der Waals surface area contributed by atoms with E-state index in [2.05, 4.69) is 18.9 Å². The Hall–Kier alpha value is -4.13. The van der Waals surface area contributed by atoms with Crippen LogP contribution >= 0.6 is 0 Å². The van der Waals surface area contributed by atoms with Crippen molar-refractivity contribution in [3.63, 3.8) is 0 Å². The minimum absolute atomic E-state index is 0.0157. The van der Waals surface area contributed by atoms with Crippen LogP contribution in [0, 0.1) is 6.92 Å². The average Bonchev–Trinajstić information content (AvgIpc) is 2.89. The molecule has 0 saturated heterocycles. The van der Waals surface area contributed by atoms with Crippen LogP contribution in [0.5, 0.6) is 17.2 Å². The number of hydrogen-bond donors (Lipinski definition) is 0. The predicted octanol–water partition coefficient (Wildman–Crippen LogP) is 6.57. The lowest BCUT2D eigenvalue weighted by Gasteiger charge is -2.17. The van der Waals surface area contributed by atoms with E-state index in [9.17, 15) is 4.79 Å². The van der Waals surface area contributed by atoms with Gasteiger partial charge in [-0.2, -0.15) is 9.78 Å². The smallest absolute Gasteiger partial charge is 0.282 e. The first-order valence-corrected chi connectivity index (χ1v) is 12.9. The molecule has 0 aliphatic carbocycles. The van der Waals surface area contributed by atoms with Gasteiger partial charge >= 0.3 is 0 Å². The van der Waals surface area contributed by atoms with Crippen molar-refractivity contribution in [3.05, 3.63) is 81.6 Å². The Kier molecular flexibility index (Phi) is 8.15. The molecule has 0 N–H and O–H groups in total. The summed E-state index contributed by atoms with van der Waals surface area (Å²) in [4.78, 5) is 18.6. The molecular weight excluding hydrogens is 478 g/mol. The van der Waals surface area contributed by atoms with Gasteiger partial charge in [0.25, 0.3) is 5.56 Å². The van der Waals surface area contributed by atoms with Crippen LogP contribution in [0.1, 0.15) is 57.2 Å². The van der Waals surface area contributed by atoms with Crippen molar-refractivity contribution in [2.75, 3.05) is 13.7 Å². The normalized spacial score (nSPS) is 11.6. The zero-order valence-electron chi connectivity index (χ0n) is 23.1. The van der Waals surface area contributed by atoms with Gasteiger partial charge in [0, 0.05) is 5.56 Å². The quantitative estimate of drug-likeness (QED) is 0.237. The maximum atomic E-state index is 13.7. The molecule has 0 amide bonds. The Balaban J connectivity index is 1.90. The van der Waals surface area contributed by atoms with E-state index in [1.165, 1.54) is 4.68 Å². The molecule has 0 atom stereocenters. The lowest BCUT2D eigenvalue weighted by atomic mass is 9.96. The second-order valence-corrected chi connectivity index (χ2v) is 9.68. The molecule has 0 saturated carbocycles. The highest BCUT2D eigenvalue weighted by Crippen LogP contribution is 2.34. The van der Waals surface area contributed by atoms with Gasteiger partial charge in [-0.1, -0.05) is 26.0 Å². The van der Waals surface area contributed by atoms with Crippen LogP contribution in [0.2, 0.25) is 0 Å². The Bertz CT molecular complexity index is 1540. The number of nitrogens with zero attached hydrogens (tertiary/aromatic N) is 3. The van der Waals surface area contributed by atoms with Crippen LogP contribution < -0.4 is 19.8 Å². The number of benzene rings is 3. The third kappa shape index (κ3) is 5.57. The fourth-order valence-corrected chi connectivity index (χ4v) is 4.32. The molecule has 0 bridgehead atoms. The molecule has 0 unspecified atom stereocenters.